The van der Waals surface area contributed by atoms with Gasteiger partial charge in [-0.05, 0) is 50.6 Å². The van der Waals surface area contributed by atoms with E-state index < -0.39 is 0 Å². The van der Waals surface area contributed by atoms with Gasteiger partial charge < -0.3 is 4.74 Å². The summed E-state index contributed by atoms with van der Waals surface area (Å²) < 4.78 is 7.83. The molecule has 0 unspecified atom stereocenters. The van der Waals surface area contributed by atoms with Gasteiger partial charge in [0.2, 0.25) is 5.16 Å². The van der Waals surface area contributed by atoms with Gasteiger partial charge in [0.05, 0.1) is 21.5 Å². The first-order chi connectivity index (χ1) is 11.2. The minimum atomic E-state index is 0.0419. The van der Waals surface area contributed by atoms with Crippen LogP contribution in [0.15, 0.2) is 45.3 Å². The molecule has 0 N–H and O–H groups in total. The molecule has 2 heterocycles. The Labute approximate surface area is 149 Å². The van der Waals surface area contributed by atoms with Crippen molar-refractivity contribution < 1.29 is 9.53 Å². The van der Waals surface area contributed by atoms with Gasteiger partial charge in [-0.1, -0.05) is 23.9 Å². The molecule has 2 aromatic heterocycles. The average Bonchev–Trinajstić information content (AvgIpc) is 3.21. The molecule has 3 rings (SSSR count). The quantitative estimate of drug-likeness (QED) is 0.457. The molecule has 0 saturated heterocycles. The highest BCUT2D eigenvalue weighted by molar-refractivity contribution is 9.11. The number of benzene rings is 1. The molecular weight excluding hydrogens is 400 g/mol. The number of methoxy groups -OCH3 is 1. The molecular formula is C14H11BrN4O2S2. The number of ketones is 1. The van der Waals surface area contributed by atoms with Gasteiger partial charge in [0.15, 0.2) is 5.78 Å². The topological polar surface area (TPSA) is 69.9 Å². The van der Waals surface area contributed by atoms with E-state index in [1.807, 2.05) is 30.3 Å². The van der Waals surface area contributed by atoms with Gasteiger partial charge in [0, 0.05) is 0 Å². The van der Waals surface area contributed by atoms with Gasteiger partial charge in [0.1, 0.15) is 11.4 Å². The second-order valence-electron chi connectivity index (χ2n) is 4.36. The standard InChI is InChI=1S/C14H11BrN4O2S2/c1-21-11-5-3-2-4-9(11)19-14(16-17-18-19)22-8-10(20)12-6-7-13(15)23-12/h2-7H,8H2,1H3. The number of hydrogen-bond donors (Lipinski definition) is 0. The van der Waals surface area contributed by atoms with Crippen molar-refractivity contribution in [1.82, 2.24) is 20.2 Å². The zero-order valence-electron chi connectivity index (χ0n) is 12.0. The van der Waals surface area contributed by atoms with E-state index in [0.717, 1.165) is 9.47 Å². The van der Waals surface area contributed by atoms with E-state index in [0.29, 0.717) is 15.8 Å². The van der Waals surface area contributed by atoms with Crippen LogP contribution in [0.25, 0.3) is 5.69 Å². The molecule has 23 heavy (non-hydrogen) atoms. The van der Waals surface area contributed by atoms with E-state index >= 15 is 0 Å². The van der Waals surface area contributed by atoms with Crippen LogP contribution in [0.3, 0.4) is 0 Å². The van der Waals surface area contributed by atoms with Gasteiger partial charge >= 0.3 is 0 Å². The number of para-hydroxylation sites is 2. The Bertz CT molecular complexity index is 834. The summed E-state index contributed by atoms with van der Waals surface area (Å²) in [6, 6.07) is 11.1. The first kappa shape index (κ1) is 16.2. The summed E-state index contributed by atoms with van der Waals surface area (Å²) >= 11 is 6.07. The van der Waals surface area contributed by atoms with Crippen molar-refractivity contribution in [2.75, 3.05) is 12.9 Å². The van der Waals surface area contributed by atoms with Gasteiger partial charge in [-0.3, -0.25) is 4.79 Å². The van der Waals surface area contributed by atoms with E-state index in [9.17, 15) is 4.79 Å². The predicted octanol–water partition coefficient (Wildman–Crippen LogP) is 3.47. The molecule has 0 spiro atoms. The van der Waals surface area contributed by atoms with Gasteiger partial charge in [0.25, 0.3) is 0 Å². The SMILES string of the molecule is COc1ccccc1-n1nnnc1SCC(=O)c1ccc(Br)s1. The number of aromatic nitrogens is 4. The third-order valence-corrected chi connectivity index (χ3v) is 5.52. The predicted molar refractivity (Wildman–Crippen MR) is 92.8 cm³/mol. The molecule has 0 aliphatic heterocycles. The number of Topliss-reactive ketones (excluding diaryl/α,β-unsaturated/α-hetero) is 1. The van der Waals surface area contributed by atoms with Crippen molar-refractivity contribution in [1.29, 1.82) is 0 Å². The molecule has 0 amide bonds. The largest absolute Gasteiger partial charge is 0.494 e. The summed E-state index contributed by atoms with van der Waals surface area (Å²) in [4.78, 5) is 12.9. The number of rotatable bonds is 6. The number of halogens is 1. The molecule has 6 nitrogen and oxygen atoms in total. The molecule has 0 fully saturated rings. The molecule has 0 radical (unpaired) electrons. The molecule has 0 atom stereocenters. The number of thiophene rings is 1. The van der Waals surface area contributed by atoms with Crippen LogP contribution in [0.1, 0.15) is 9.67 Å². The molecule has 0 saturated carbocycles. The summed E-state index contributed by atoms with van der Waals surface area (Å²) in [6.07, 6.45) is 0. The Balaban J connectivity index is 1.78. The average molecular weight is 411 g/mol. The van der Waals surface area contributed by atoms with Crippen molar-refractivity contribution >= 4 is 44.8 Å². The second-order valence-corrected chi connectivity index (χ2v) is 7.77. The minimum absolute atomic E-state index is 0.0419. The van der Waals surface area contributed by atoms with Crippen LogP contribution < -0.4 is 4.74 Å². The maximum atomic E-state index is 12.2. The van der Waals surface area contributed by atoms with Crippen LogP contribution in [0.2, 0.25) is 0 Å². The lowest BCUT2D eigenvalue weighted by molar-refractivity contribution is 0.102. The lowest BCUT2D eigenvalue weighted by Crippen LogP contribution is -2.04. The van der Waals surface area contributed by atoms with E-state index in [-0.39, 0.29) is 11.5 Å². The second kappa shape index (κ2) is 7.24. The first-order valence-corrected chi connectivity index (χ1v) is 9.11. The van der Waals surface area contributed by atoms with Crippen molar-refractivity contribution in [2.24, 2.45) is 0 Å². The maximum absolute atomic E-state index is 12.2. The van der Waals surface area contributed by atoms with E-state index in [1.54, 1.807) is 17.9 Å². The Morgan fingerprint density at radius 1 is 1.35 bits per heavy atom. The Kier molecular flexibility index (Phi) is 5.09. The lowest BCUT2D eigenvalue weighted by atomic mass is 10.3. The van der Waals surface area contributed by atoms with Crippen molar-refractivity contribution in [3.05, 3.63) is 45.1 Å². The molecule has 3 aromatic rings. The summed E-state index contributed by atoms with van der Waals surface area (Å²) in [5.41, 5.74) is 0.730. The van der Waals surface area contributed by atoms with E-state index in [1.165, 1.54) is 23.1 Å². The fourth-order valence-electron chi connectivity index (χ4n) is 1.89. The van der Waals surface area contributed by atoms with Crippen LogP contribution in [0.5, 0.6) is 5.75 Å². The van der Waals surface area contributed by atoms with Crippen LogP contribution in [-0.4, -0.2) is 38.9 Å². The van der Waals surface area contributed by atoms with Crippen LogP contribution in [-0.2, 0) is 0 Å². The van der Waals surface area contributed by atoms with Crippen LogP contribution >= 0.6 is 39.0 Å². The van der Waals surface area contributed by atoms with Gasteiger partial charge in [-0.15, -0.1) is 16.4 Å². The summed E-state index contributed by atoms with van der Waals surface area (Å²) in [7, 11) is 1.59. The Morgan fingerprint density at radius 3 is 2.91 bits per heavy atom. The number of nitrogens with zero attached hydrogens (tertiary/aromatic N) is 4. The van der Waals surface area contributed by atoms with E-state index in [4.69, 9.17) is 4.74 Å². The molecule has 0 bridgehead atoms. The van der Waals surface area contributed by atoms with Gasteiger partial charge in [-0.25, -0.2) is 0 Å². The van der Waals surface area contributed by atoms with Crippen molar-refractivity contribution in [2.45, 2.75) is 5.16 Å². The normalized spacial score (nSPS) is 10.7. The molecule has 0 aliphatic rings. The van der Waals surface area contributed by atoms with Crippen molar-refractivity contribution in [3.63, 3.8) is 0 Å². The smallest absolute Gasteiger partial charge is 0.214 e. The van der Waals surface area contributed by atoms with Crippen LogP contribution in [0, 0.1) is 0 Å². The molecule has 0 aliphatic carbocycles. The number of carbonyl (C=O) groups is 1. The third kappa shape index (κ3) is 3.62. The lowest BCUT2D eigenvalue weighted by Gasteiger charge is -2.08. The van der Waals surface area contributed by atoms with Crippen molar-refractivity contribution in [3.8, 4) is 11.4 Å². The molecule has 1 aromatic carbocycles. The van der Waals surface area contributed by atoms with E-state index in [2.05, 4.69) is 31.5 Å². The zero-order chi connectivity index (χ0) is 16.2. The number of carbonyl (C=O) groups excluding carboxylic acids is 1. The fraction of sp³-hybridized carbons (Fsp3) is 0.143. The first-order valence-electron chi connectivity index (χ1n) is 6.52. The highest BCUT2D eigenvalue weighted by atomic mass is 79.9. The van der Waals surface area contributed by atoms with Crippen LogP contribution in [0.4, 0.5) is 0 Å². The minimum Gasteiger partial charge on any atom is -0.494 e. The monoisotopic (exact) mass is 410 g/mol. The number of hydrogen-bond acceptors (Lipinski definition) is 7. The zero-order valence-corrected chi connectivity index (χ0v) is 15.2. The molecule has 118 valence electrons. The number of thioether (sulfide) groups is 1. The highest BCUT2D eigenvalue weighted by Gasteiger charge is 2.16. The maximum Gasteiger partial charge on any atom is 0.214 e. The molecule has 9 heteroatoms. The summed E-state index contributed by atoms with van der Waals surface area (Å²) in [6.45, 7) is 0. The van der Waals surface area contributed by atoms with Gasteiger partial charge in [-0.2, -0.15) is 4.68 Å². The Hall–Kier alpha value is -1.71. The Morgan fingerprint density at radius 2 is 2.17 bits per heavy atom. The number of tetrazole rings is 1. The summed E-state index contributed by atoms with van der Waals surface area (Å²) in [5, 5.41) is 12.2. The third-order valence-electron chi connectivity index (χ3n) is 2.93. The summed E-state index contributed by atoms with van der Waals surface area (Å²) in [5.74, 6) is 0.970. The highest BCUT2D eigenvalue weighted by Crippen LogP contribution is 2.27. The number of ether oxygens (including phenoxy) is 1. The fourth-order valence-corrected chi connectivity index (χ4v) is 4.07.